The molecule has 0 fully saturated rings. The number of amides is 1. The zero-order chi connectivity index (χ0) is 13.7. The minimum atomic E-state index is -0.0124. The van der Waals surface area contributed by atoms with Crippen LogP contribution >= 0.6 is 0 Å². The van der Waals surface area contributed by atoms with Crippen molar-refractivity contribution in [3.05, 3.63) is 23.8 Å². The molecule has 4 nitrogen and oxygen atoms in total. The van der Waals surface area contributed by atoms with Crippen LogP contribution in [-0.2, 0) is 0 Å². The Hall–Kier alpha value is -1.71. The van der Waals surface area contributed by atoms with E-state index < -0.39 is 0 Å². The van der Waals surface area contributed by atoms with E-state index >= 15 is 0 Å². The van der Waals surface area contributed by atoms with Crippen LogP contribution in [0.15, 0.2) is 18.2 Å². The fraction of sp³-hybridized carbons (Fsp3) is 0.500. The van der Waals surface area contributed by atoms with Gasteiger partial charge in [0, 0.05) is 32.0 Å². The average Bonchev–Trinajstić information content (AvgIpc) is 2.35. The third-order valence-corrected chi connectivity index (χ3v) is 3.02. The molecule has 0 aliphatic heterocycles. The number of nitrogens with zero attached hydrogens (tertiary/aromatic N) is 1. The van der Waals surface area contributed by atoms with Crippen molar-refractivity contribution in [3.63, 3.8) is 0 Å². The van der Waals surface area contributed by atoms with Crippen LogP contribution in [0.5, 0.6) is 0 Å². The monoisotopic (exact) mass is 249 g/mol. The number of rotatable bonds is 5. The van der Waals surface area contributed by atoms with Gasteiger partial charge < -0.3 is 16.0 Å². The SMILES string of the molecule is CCC(C)CNc1cc(N)ccc1C(=O)N(C)C. The Bertz CT molecular complexity index is 416. The molecular formula is C14H23N3O. The van der Waals surface area contributed by atoms with Gasteiger partial charge in [-0.1, -0.05) is 20.3 Å². The largest absolute Gasteiger partial charge is 0.399 e. The van der Waals surface area contributed by atoms with Crippen molar-refractivity contribution in [3.8, 4) is 0 Å². The Morgan fingerprint density at radius 3 is 2.67 bits per heavy atom. The van der Waals surface area contributed by atoms with E-state index in [1.54, 1.807) is 31.1 Å². The van der Waals surface area contributed by atoms with Gasteiger partial charge in [0.1, 0.15) is 0 Å². The minimum absolute atomic E-state index is 0.0124. The smallest absolute Gasteiger partial charge is 0.255 e. The fourth-order valence-electron chi connectivity index (χ4n) is 1.56. The first kappa shape index (κ1) is 14.4. The highest BCUT2D eigenvalue weighted by Gasteiger charge is 2.13. The van der Waals surface area contributed by atoms with Crippen LogP contribution in [-0.4, -0.2) is 31.4 Å². The second-order valence-electron chi connectivity index (χ2n) is 4.90. The maximum absolute atomic E-state index is 12.0. The molecule has 1 amide bonds. The van der Waals surface area contributed by atoms with Gasteiger partial charge in [-0.05, 0) is 24.1 Å². The van der Waals surface area contributed by atoms with Crippen molar-refractivity contribution in [2.75, 3.05) is 31.7 Å². The molecule has 0 heterocycles. The molecular weight excluding hydrogens is 226 g/mol. The summed E-state index contributed by atoms with van der Waals surface area (Å²) in [5.74, 6) is 0.551. The first-order valence-electron chi connectivity index (χ1n) is 6.30. The molecule has 1 atom stereocenters. The highest BCUT2D eigenvalue weighted by Crippen LogP contribution is 2.21. The highest BCUT2D eigenvalue weighted by molar-refractivity contribution is 5.99. The van der Waals surface area contributed by atoms with Gasteiger partial charge in [0.2, 0.25) is 0 Å². The summed E-state index contributed by atoms with van der Waals surface area (Å²) < 4.78 is 0. The molecule has 1 aromatic carbocycles. The average molecular weight is 249 g/mol. The summed E-state index contributed by atoms with van der Waals surface area (Å²) in [5, 5.41) is 3.31. The summed E-state index contributed by atoms with van der Waals surface area (Å²) in [6.07, 6.45) is 1.10. The van der Waals surface area contributed by atoms with Crippen LogP contribution in [0.2, 0.25) is 0 Å². The van der Waals surface area contributed by atoms with Crippen LogP contribution in [0.3, 0.4) is 0 Å². The number of nitrogens with one attached hydrogen (secondary N) is 1. The second-order valence-corrected chi connectivity index (χ2v) is 4.90. The molecule has 1 rings (SSSR count). The van der Waals surface area contributed by atoms with Gasteiger partial charge in [0.15, 0.2) is 0 Å². The molecule has 0 aliphatic carbocycles. The molecule has 0 aliphatic rings. The lowest BCUT2D eigenvalue weighted by atomic mass is 10.1. The number of benzene rings is 1. The van der Waals surface area contributed by atoms with Crippen LogP contribution in [0.4, 0.5) is 11.4 Å². The molecule has 4 heteroatoms. The number of carbonyl (C=O) groups excluding carboxylic acids is 1. The molecule has 100 valence electrons. The summed E-state index contributed by atoms with van der Waals surface area (Å²) in [6, 6.07) is 5.35. The van der Waals surface area contributed by atoms with Crippen molar-refractivity contribution in [2.24, 2.45) is 5.92 Å². The molecule has 0 bridgehead atoms. The third kappa shape index (κ3) is 3.65. The van der Waals surface area contributed by atoms with E-state index in [1.807, 2.05) is 6.07 Å². The summed E-state index contributed by atoms with van der Waals surface area (Å²) in [5.41, 5.74) is 7.92. The lowest BCUT2D eigenvalue weighted by molar-refractivity contribution is 0.0828. The molecule has 3 N–H and O–H groups in total. The number of hydrogen-bond donors (Lipinski definition) is 2. The van der Waals surface area contributed by atoms with Crippen LogP contribution in [0, 0.1) is 5.92 Å². The summed E-state index contributed by atoms with van der Waals surface area (Å²) in [7, 11) is 3.49. The second kappa shape index (κ2) is 6.28. The Kier molecular flexibility index (Phi) is 5.01. The molecule has 1 aromatic rings. The number of nitrogens with two attached hydrogens (primary N) is 1. The van der Waals surface area contributed by atoms with Crippen molar-refractivity contribution < 1.29 is 4.79 Å². The topological polar surface area (TPSA) is 58.4 Å². The molecule has 0 aromatic heterocycles. The van der Waals surface area contributed by atoms with Gasteiger partial charge in [-0.3, -0.25) is 4.79 Å². The molecule has 1 unspecified atom stereocenters. The standard InChI is InChI=1S/C14H23N3O/c1-5-10(2)9-16-13-8-11(15)6-7-12(13)14(18)17(3)4/h6-8,10,16H,5,9,15H2,1-4H3. The highest BCUT2D eigenvalue weighted by atomic mass is 16.2. The van der Waals surface area contributed by atoms with Gasteiger partial charge >= 0.3 is 0 Å². The van der Waals surface area contributed by atoms with Crippen LogP contribution in [0.25, 0.3) is 0 Å². The predicted molar refractivity (Wildman–Crippen MR) is 76.8 cm³/mol. The fourth-order valence-corrected chi connectivity index (χ4v) is 1.56. The van der Waals surface area contributed by atoms with Gasteiger partial charge in [0.25, 0.3) is 5.91 Å². The molecule has 0 radical (unpaired) electrons. The number of carbonyl (C=O) groups is 1. The van der Waals surface area contributed by atoms with Crippen molar-refractivity contribution in [1.82, 2.24) is 4.90 Å². The van der Waals surface area contributed by atoms with Crippen LogP contribution < -0.4 is 11.1 Å². The first-order chi connectivity index (χ1) is 8.45. The molecule has 18 heavy (non-hydrogen) atoms. The minimum Gasteiger partial charge on any atom is -0.399 e. The van der Waals surface area contributed by atoms with E-state index in [2.05, 4.69) is 19.2 Å². The summed E-state index contributed by atoms with van der Waals surface area (Å²) in [6.45, 7) is 5.16. The van der Waals surface area contributed by atoms with Crippen molar-refractivity contribution in [1.29, 1.82) is 0 Å². The van der Waals surface area contributed by atoms with Crippen molar-refractivity contribution in [2.45, 2.75) is 20.3 Å². The Labute approximate surface area is 109 Å². The quantitative estimate of drug-likeness (QED) is 0.788. The summed E-state index contributed by atoms with van der Waals surface area (Å²) in [4.78, 5) is 13.6. The lowest BCUT2D eigenvalue weighted by Crippen LogP contribution is -2.23. The molecule has 0 spiro atoms. The lowest BCUT2D eigenvalue weighted by Gasteiger charge is -2.17. The van der Waals surface area contributed by atoms with Gasteiger partial charge in [-0.25, -0.2) is 0 Å². The molecule has 0 saturated carbocycles. The van der Waals surface area contributed by atoms with Crippen molar-refractivity contribution >= 4 is 17.3 Å². The maximum Gasteiger partial charge on any atom is 0.255 e. The van der Waals surface area contributed by atoms with E-state index in [4.69, 9.17) is 5.73 Å². The van der Waals surface area contributed by atoms with Crippen LogP contribution in [0.1, 0.15) is 30.6 Å². The van der Waals surface area contributed by atoms with E-state index in [1.165, 1.54) is 0 Å². The number of hydrogen-bond acceptors (Lipinski definition) is 3. The van der Waals surface area contributed by atoms with Gasteiger partial charge in [-0.2, -0.15) is 0 Å². The third-order valence-electron chi connectivity index (χ3n) is 3.02. The van der Waals surface area contributed by atoms with E-state index in [-0.39, 0.29) is 5.91 Å². The molecule has 0 saturated heterocycles. The summed E-state index contributed by atoms with van der Waals surface area (Å²) >= 11 is 0. The first-order valence-corrected chi connectivity index (χ1v) is 6.30. The van der Waals surface area contributed by atoms with E-state index in [9.17, 15) is 4.79 Å². The van der Waals surface area contributed by atoms with Gasteiger partial charge in [-0.15, -0.1) is 0 Å². The maximum atomic E-state index is 12.0. The zero-order valence-electron chi connectivity index (χ0n) is 11.7. The van der Waals surface area contributed by atoms with E-state index in [0.29, 0.717) is 17.2 Å². The number of nitrogen functional groups attached to an aromatic ring is 1. The predicted octanol–water partition coefficient (Wildman–Crippen LogP) is 2.43. The Morgan fingerprint density at radius 1 is 1.44 bits per heavy atom. The normalized spacial score (nSPS) is 12.0. The van der Waals surface area contributed by atoms with Gasteiger partial charge in [0.05, 0.1) is 5.56 Å². The Morgan fingerprint density at radius 2 is 2.11 bits per heavy atom. The Balaban J connectivity index is 2.93. The zero-order valence-corrected chi connectivity index (χ0v) is 11.7. The number of anilines is 2. The van der Waals surface area contributed by atoms with E-state index in [0.717, 1.165) is 18.7 Å².